The number of hydrogen-bond acceptors (Lipinski definition) is 4. The van der Waals surface area contributed by atoms with E-state index >= 15 is 0 Å². The van der Waals surface area contributed by atoms with Gasteiger partial charge in [-0.2, -0.15) is 5.26 Å². The number of phenols is 1. The van der Waals surface area contributed by atoms with E-state index < -0.39 is 0 Å². The summed E-state index contributed by atoms with van der Waals surface area (Å²) in [5.41, 5.74) is 2.13. The van der Waals surface area contributed by atoms with Gasteiger partial charge in [-0.05, 0) is 36.4 Å². The topological polar surface area (TPSA) is 74.7 Å². The second kappa shape index (κ2) is 6.07. The highest BCUT2D eigenvalue weighted by molar-refractivity contribution is 6.42. The molecule has 2 heterocycles. The lowest BCUT2D eigenvalue weighted by atomic mass is 9.96. The van der Waals surface area contributed by atoms with E-state index in [9.17, 15) is 5.11 Å². The summed E-state index contributed by atoms with van der Waals surface area (Å²) in [6, 6.07) is 12.5. The van der Waals surface area contributed by atoms with Crippen molar-refractivity contribution in [3.05, 3.63) is 63.4 Å². The second-order valence-corrected chi connectivity index (χ2v) is 6.72. The van der Waals surface area contributed by atoms with Gasteiger partial charge in [-0.15, -0.1) is 10.2 Å². The molecular formula is C18H12Cl2N4O. The Labute approximate surface area is 154 Å². The largest absolute Gasteiger partial charge is 0.508 e. The van der Waals surface area contributed by atoms with Crippen LogP contribution in [0.5, 0.6) is 5.75 Å². The van der Waals surface area contributed by atoms with Gasteiger partial charge in [0, 0.05) is 30.0 Å². The van der Waals surface area contributed by atoms with E-state index in [-0.39, 0.29) is 11.7 Å². The third kappa shape index (κ3) is 2.64. The molecule has 0 radical (unpaired) electrons. The molecule has 1 unspecified atom stereocenters. The van der Waals surface area contributed by atoms with Crippen LogP contribution in [0.4, 0.5) is 0 Å². The van der Waals surface area contributed by atoms with Gasteiger partial charge in [-0.25, -0.2) is 0 Å². The van der Waals surface area contributed by atoms with Gasteiger partial charge in [0.25, 0.3) is 0 Å². The first-order valence-corrected chi connectivity index (χ1v) is 8.43. The maximum atomic E-state index is 10.2. The van der Waals surface area contributed by atoms with Gasteiger partial charge < -0.3 is 9.67 Å². The van der Waals surface area contributed by atoms with Crippen LogP contribution in [0.1, 0.15) is 22.9 Å². The molecule has 5 nitrogen and oxygen atoms in total. The SMILES string of the molecule is N#Cc1ccc(-c2nnc3n2CC(c2c(O)ccc(Cl)c2Cl)C3)cc1. The first-order valence-electron chi connectivity index (χ1n) is 7.68. The number of nitriles is 1. The van der Waals surface area contributed by atoms with E-state index in [1.165, 1.54) is 0 Å². The molecule has 0 bridgehead atoms. The van der Waals surface area contributed by atoms with Crippen molar-refractivity contribution in [2.24, 2.45) is 0 Å². The minimum Gasteiger partial charge on any atom is -0.508 e. The fourth-order valence-electron chi connectivity index (χ4n) is 3.23. The van der Waals surface area contributed by atoms with Crippen molar-refractivity contribution in [2.45, 2.75) is 18.9 Å². The minimum atomic E-state index is -0.0196. The van der Waals surface area contributed by atoms with Crippen LogP contribution in [0, 0.1) is 11.3 Å². The molecule has 3 aromatic rings. The molecule has 0 saturated carbocycles. The summed E-state index contributed by atoms with van der Waals surface area (Å²) in [4.78, 5) is 0. The molecule has 1 aliphatic rings. The molecule has 7 heteroatoms. The molecule has 25 heavy (non-hydrogen) atoms. The van der Waals surface area contributed by atoms with Crippen molar-refractivity contribution in [1.29, 1.82) is 5.26 Å². The van der Waals surface area contributed by atoms with Crippen molar-refractivity contribution >= 4 is 23.2 Å². The number of fused-ring (bicyclic) bond motifs is 1. The maximum Gasteiger partial charge on any atom is 0.163 e. The zero-order chi connectivity index (χ0) is 17.6. The standard InChI is InChI=1S/C18H12Cl2N4O/c19-13-5-6-14(25)16(17(13)20)12-7-15-22-23-18(24(15)9-12)11-3-1-10(8-21)2-4-11/h1-6,12,25H,7,9H2. The third-order valence-corrected chi connectivity index (χ3v) is 5.27. The number of benzene rings is 2. The predicted octanol–water partition coefficient (Wildman–Crippen LogP) is 4.17. The van der Waals surface area contributed by atoms with Crippen molar-refractivity contribution in [3.8, 4) is 23.2 Å². The van der Waals surface area contributed by atoms with Crippen LogP contribution < -0.4 is 0 Å². The van der Waals surface area contributed by atoms with Crippen LogP contribution in [0.25, 0.3) is 11.4 Å². The quantitative estimate of drug-likeness (QED) is 0.734. The maximum absolute atomic E-state index is 10.2. The van der Waals surface area contributed by atoms with Gasteiger partial charge in [-0.3, -0.25) is 0 Å². The Kier molecular flexibility index (Phi) is 3.87. The number of nitrogens with zero attached hydrogens (tertiary/aromatic N) is 4. The highest BCUT2D eigenvalue weighted by atomic mass is 35.5. The lowest BCUT2D eigenvalue weighted by Crippen LogP contribution is -2.04. The van der Waals surface area contributed by atoms with Crippen LogP contribution in [0.3, 0.4) is 0 Å². The minimum absolute atomic E-state index is 0.0196. The van der Waals surface area contributed by atoms with Crippen molar-refractivity contribution in [1.82, 2.24) is 14.8 Å². The predicted molar refractivity (Wildman–Crippen MR) is 94.7 cm³/mol. The summed E-state index contributed by atoms with van der Waals surface area (Å²) in [5.74, 6) is 1.69. The number of halogens is 2. The number of hydrogen-bond donors (Lipinski definition) is 1. The number of aromatic nitrogens is 3. The van der Waals surface area contributed by atoms with E-state index in [0.717, 1.165) is 17.2 Å². The smallest absolute Gasteiger partial charge is 0.163 e. The van der Waals surface area contributed by atoms with Gasteiger partial charge in [-0.1, -0.05) is 23.2 Å². The molecule has 1 aliphatic heterocycles. The van der Waals surface area contributed by atoms with Crippen LogP contribution in [0.15, 0.2) is 36.4 Å². The van der Waals surface area contributed by atoms with Crippen molar-refractivity contribution < 1.29 is 5.11 Å². The zero-order valence-corrected chi connectivity index (χ0v) is 14.5. The lowest BCUT2D eigenvalue weighted by molar-refractivity contribution is 0.459. The summed E-state index contributed by atoms with van der Waals surface area (Å²) in [6.45, 7) is 0.602. The van der Waals surface area contributed by atoms with Gasteiger partial charge in [0.2, 0.25) is 0 Å². The van der Waals surface area contributed by atoms with Crippen molar-refractivity contribution in [3.63, 3.8) is 0 Å². The Morgan fingerprint density at radius 1 is 1.12 bits per heavy atom. The van der Waals surface area contributed by atoms with Crippen LogP contribution in [-0.2, 0) is 13.0 Å². The average Bonchev–Trinajstić information content (AvgIpc) is 3.19. The first-order chi connectivity index (χ1) is 12.1. The van der Waals surface area contributed by atoms with Crippen molar-refractivity contribution in [2.75, 3.05) is 0 Å². The van der Waals surface area contributed by atoms with E-state index in [0.29, 0.717) is 34.1 Å². The monoisotopic (exact) mass is 370 g/mol. The molecule has 1 N–H and O–H groups in total. The van der Waals surface area contributed by atoms with Crippen LogP contribution in [0.2, 0.25) is 10.0 Å². The summed E-state index contributed by atoms with van der Waals surface area (Å²) in [6.07, 6.45) is 0.622. The number of rotatable bonds is 2. The van der Waals surface area contributed by atoms with Gasteiger partial charge in [0.1, 0.15) is 11.6 Å². The molecule has 0 amide bonds. The number of phenolic OH excluding ortho intramolecular Hbond substituents is 1. The van der Waals surface area contributed by atoms with E-state index in [1.54, 1.807) is 24.3 Å². The van der Waals surface area contributed by atoms with Crippen LogP contribution >= 0.6 is 23.2 Å². The molecule has 4 rings (SSSR count). The molecular weight excluding hydrogens is 359 g/mol. The van der Waals surface area contributed by atoms with Gasteiger partial charge in [0.15, 0.2) is 5.82 Å². The Bertz CT molecular complexity index is 1010. The van der Waals surface area contributed by atoms with E-state index in [1.807, 2.05) is 16.7 Å². The Morgan fingerprint density at radius 3 is 2.60 bits per heavy atom. The highest BCUT2D eigenvalue weighted by Gasteiger charge is 2.31. The molecule has 0 saturated heterocycles. The summed E-state index contributed by atoms with van der Waals surface area (Å²) in [7, 11) is 0. The summed E-state index contributed by atoms with van der Waals surface area (Å²) < 4.78 is 2.02. The number of aromatic hydroxyl groups is 1. The average molecular weight is 371 g/mol. The summed E-state index contributed by atoms with van der Waals surface area (Å²) >= 11 is 12.4. The first kappa shape index (κ1) is 15.9. The van der Waals surface area contributed by atoms with E-state index in [2.05, 4.69) is 16.3 Å². The lowest BCUT2D eigenvalue weighted by Gasteiger charge is -2.15. The molecule has 0 spiro atoms. The van der Waals surface area contributed by atoms with E-state index in [4.69, 9.17) is 28.5 Å². The molecule has 1 atom stereocenters. The van der Waals surface area contributed by atoms with Gasteiger partial charge >= 0.3 is 0 Å². The zero-order valence-electron chi connectivity index (χ0n) is 12.9. The van der Waals surface area contributed by atoms with Gasteiger partial charge in [0.05, 0.1) is 21.7 Å². The Morgan fingerprint density at radius 2 is 1.88 bits per heavy atom. The third-order valence-electron chi connectivity index (χ3n) is 4.45. The second-order valence-electron chi connectivity index (χ2n) is 5.93. The molecule has 2 aromatic carbocycles. The fraction of sp³-hybridized carbons (Fsp3) is 0.167. The Balaban J connectivity index is 1.70. The summed E-state index contributed by atoms with van der Waals surface area (Å²) in [5, 5.41) is 28.5. The molecule has 0 aliphatic carbocycles. The molecule has 124 valence electrons. The molecule has 0 fully saturated rings. The normalized spacial score (nSPS) is 15.8. The fourth-order valence-corrected chi connectivity index (χ4v) is 3.71. The highest BCUT2D eigenvalue weighted by Crippen LogP contribution is 2.42. The molecule has 1 aromatic heterocycles. The Hall–Kier alpha value is -2.55. The van der Waals surface area contributed by atoms with Crippen LogP contribution in [-0.4, -0.2) is 19.9 Å².